The number of nitrogens with zero attached hydrogens (tertiary/aromatic N) is 1. The number of pyridine rings is 1. The van der Waals surface area contributed by atoms with E-state index in [1.165, 1.54) is 0 Å². The molecule has 2 heteroatoms. The summed E-state index contributed by atoms with van der Waals surface area (Å²) < 4.78 is 0. The fourth-order valence-electron chi connectivity index (χ4n) is 1.17. The number of aliphatic hydroxyl groups excluding tert-OH is 1. The normalized spacial score (nSPS) is 13.4. The zero-order chi connectivity index (χ0) is 9.14. The van der Waals surface area contributed by atoms with Crippen LogP contribution in [0.25, 0.3) is 0 Å². The Hall–Kier alpha value is -0.890. The maximum atomic E-state index is 9.74. The second kappa shape index (κ2) is 3.68. The Labute approximate surface area is 73.3 Å². The van der Waals surface area contributed by atoms with Gasteiger partial charge in [0.05, 0.1) is 6.10 Å². The van der Waals surface area contributed by atoms with E-state index in [1.807, 2.05) is 32.9 Å². The average Bonchev–Trinajstić information content (AvgIpc) is 2.04. The molecule has 0 radical (unpaired) electrons. The molecular weight excluding hydrogens is 150 g/mol. The number of hydrogen-bond donors (Lipinski definition) is 1. The molecule has 0 spiro atoms. The summed E-state index contributed by atoms with van der Waals surface area (Å²) in [4.78, 5) is 4.12. The lowest BCUT2D eigenvalue weighted by Crippen LogP contribution is -2.07. The van der Waals surface area contributed by atoms with Gasteiger partial charge in [-0.05, 0) is 18.9 Å². The van der Waals surface area contributed by atoms with Gasteiger partial charge in [-0.2, -0.15) is 0 Å². The van der Waals surface area contributed by atoms with E-state index in [9.17, 15) is 5.11 Å². The highest BCUT2D eigenvalue weighted by atomic mass is 16.3. The van der Waals surface area contributed by atoms with Gasteiger partial charge in [0.2, 0.25) is 0 Å². The van der Waals surface area contributed by atoms with E-state index in [0.717, 1.165) is 11.3 Å². The van der Waals surface area contributed by atoms with Crippen molar-refractivity contribution in [1.29, 1.82) is 0 Å². The van der Waals surface area contributed by atoms with Crippen LogP contribution in [0, 0.1) is 12.8 Å². The Balaban J connectivity index is 2.94. The fraction of sp³-hybridized carbons (Fsp3) is 0.500. The molecule has 1 aromatic heterocycles. The molecule has 12 heavy (non-hydrogen) atoms. The first-order chi connectivity index (χ1) is 5.63. The Morgan fingerprint density at radius 2 is 2.08 bits per heavy atom. The Morgan fingerprint density at radius 3 is 2.58 bits per heavy atom. The van der Waals surface area contributed by atoms with E-state index >= 15 is 0 Å². The molecule has 0 aliphatic heterocycles. The van der Waals surface area contributed by atoms with Crippen molar-refractivity contribution in [2.24, 2.45) is 5.92 Å². The molecule has 0 aromatic carbocycles. The van der Waals surface area contributed by atoms with Crippen molar-refractivity contribution in [2.45, 2.75) is 26.9 Å². The zero-order valence-electron chi connectivity index (χ0n) is 7.78. The van der Waals surface area contributed by atoms with Crippen molar-refractivity contribution in [3.63, 3.8) is 0 Å². The predicted molar refractivity (Wildman–Crippen MR) is 48.8 cm³/mol. The molecule has 0 fully saturated rings. The highest BCUT2D eigenvalue weighted by Crippen LogP contribution is 2.22. The molecular formula is C10H15NO. The molecule has 1 rings (SSSR count). The highest BCUT2D eigenvalue weighted by molar-refractivity contribution is 5.21. The minimum atomic E-state index is -0.390. The van der Waals surface area contributed by atoms with Gasteiger partial charge in [0.25, 0.3) is 0 Å². The summed E-state index contributed by atoms with van der Waals surface area (Å²) in [7, 11) is 0. The summed E-state index contributed by atoms with van der Waals surface area (Å²) in [5.74, 6) is 0.243. The number of aryl methyl sites for hydroxylation is 1. The van der Waals surface area contributed by atoms with Crippen LogP contribution in [0.3, 0.4) is 0 Å². The largest absolute Gasteiger partial charge is 0.388 e. The first-order valence-corrected chi connectivity index (χ1v) is 4.22. The monoisotopic (exact) mass is 165 g/mol. The SMILES string of the molecule is Cc1ncccc1C(O)C(C)C. The first-order valence-electron chi connectivity index (χ1n) is 4.22. The molecule has 0 aliphatic carbocycles. The topological polar surface area (TPSA) is 33.1 Å². The Bertz CT molecular complexity index is 258. The summed E-state index contributed by atoms with van der Waals surface area (Å²) in [5.41, 5.74) is 1.85. The Morgan fingerprint density at radius 1 is 1.42 bits per heavy atom. The standard InChI is InChI=1S/C10H15NO/c1-7(2)10(12)9-5-4-6-11-8(9)3/h4-7,10,12H,1-3H3. The van der Waals surface area contributed by atoms with Crippen LogP contribution < -0.4 is 0 Å². The first kappa shape index (κ1) is 9.20. The van der Waals surface area contributed by atoms with E-state index in [-0.39, 0.29) is 5.92 Å². The molecule has 1 heterocycles. The number of aromatic nitrogens is 1. The summed E-state index contributed by atoms with van der Waals surface area (Å²) in [6, 6.07) is 3.78. The summed E-state index contributed by atoms with van der Waals surface area (Å²) in [5, 5.41) is 9.74. The molecule has 1 atom stereocenters. The number of hydrogen-bond acceptors (Lipinski definition) is 2. The minimum absolute atomic E-state index is 0.243. The molecule has 0 saturated carbocycles. The average molecular weight is 165 g/mol. The summed E-state index contributed by atoms with van der Waals surface area (Å²) in [6.07, 6.45) is 1.35. The third-order valence-corrected chi connectivity index (χ3v) is 2.00. The van der Waals surface area contributed by atoms with Gasteiger partial charge in [-0.15, -0.1) is 0 Å². The molecule has 0 saturated heterocycles. The minimum Gasteiger partial charge on any atom is -0.388 e. The van der Waals surface area contributed by atoms with Gasteiger partial charge in [0.1, 0.15) is 0 Å². The molecule has 0 bridgehead atoms. The van der Waals surface area contributed by atoms with Crippen LogP contribution in [0.4, 0.5) is 0 Å². The quantitative estimate of drug-likeness (QED) is 0.727. The lowest BCUT2D eigenvalue weighted by atomic mass is 9.98. The van der Waals surface area contributed by atoms with Crippen molar-refractivity contribution in [3.05, 3.63) is 29.6 Å². The zero-order valence-corrected chi connectivity index (χ0v) is 7.78. The van der Waals surface area contributed by atoms with Gasteiger partial charge >= 0.3 is 0 Å². The van der Waals surface area contributed by atoms with Gasteiger partial charge in [0, 0.05) is 17.5 Å². The third-order valence-electron chi connectivity index (χ3n) is 2.00. The van der Waals surface area contributed by atoms with Crippen LogP contribution in [0.1, 0.15) is 31.2 Å². The third kappa shape index (κ3) is 1.83. The maximum Gasteiger partial charge on any atom is 0.0830 e. The van der Waals surface area contributed by atoms with Crippen LogP contribution in [-0.2, 0) is 0 Å². The van der Waals surface area contributed by atoms with Crippen molar-refractivity contribution < 1.29 is 5.11 Å². The van der Waals surface area contributed by atoms with Gasteiger partial charge in [-0.25, -0.2) is 0 Å². The van der Waals surface area contributed by atoms with Crippen molar-refractivity contribution in [3.8, 4) is 0 Å². The number of rotatable bonds is 2. The van der Waals surface area contributed by atoms with Crippen LogP contribution in [0.15, 0.2) is 18.3 Å². The van der Waals surface area contributed by atoms with E-state index in [2.05, 4.69) is 4.98 Å². The molecule has 66 valence electrons. The fourth-order valence-corrected chi connectivity index (χ4v) is 1.17. The van der Waals surface area contributed by atoms with Crippen LogP contribution in [0.2, 0.25) is 0 Å². The van der Waals surface area contributed by atoms with Crippen LogP contribution >= 0.6 is 0 Å². The van der Waals surface area contributed by atoms with Gasteiger partial charge in [-0.1, -0.05) is 19.9 Å². The smallest absolute Gasteiger partial charge is 0.0830 e. The van der Waals surface area contributed by atoms with Gasteiger partial charge in [-0.3, -0.25) is 4.98 Å². The molecule has 1 N–H and O–H groups in total. The van der Waals surface area contributed by atoms with E-state index in [1.54, 1.807) is 6.20 Å². The van der Waals surface area contributed by atoms with E-state index in [4.69, 9.17) is 0 Å². The van der Waals surface area contributed by atoms with Gasteiger partial charge in [0.15, 0.2) is 0 Å². The molecule has 1 aromatic rings. The van der Waals surface area contributed by atoms with Crippen LogP contribution in [0.5, 0.6) is 0 Å². The molecule has 1 unspecified atom stereocenters. The van der Waals surface area contributed by atoms with Crippen molar-refractivity contribution in [2.75, 3.05) is 0 Å². The Kier molecular flexibility index (Phi) is 2.82. The van der Waals surface area contributed by atoms with E-state index in [0.29, 0.717) is 0 Å². The maximum absolute atomic E-state index is 9.74. The molecule has 0 aliphatic rings. The summed E-state index contributed by atoms with van der Waals surface area (Å²) >= 11 is 0. The lowest BCUT2D eigenvalue weighted by Gasteiger charge is -2.15. The van der Waals surface area contributed by atoms with Crippen LogP contribution in [-0.4, -0.2) is 10.1 Å². The molecule has 0 amide bonds. The van der Waals surface area contributed by atoms with Crippen molar-refractivity contribution >= 4 is 0 Å². The number of aliphatic hydroxyl groups is 1. The summed E-state index contributed by atoms with van der Waals surface area (Å²) in [6.45, 7) is 5.91. The predicted octanol–water partition coefficient (Wildman–Crippen LogP) is 2.08. The van der Waals surface area contributed by atoms with Crippen molar-refractivity contribution in [1.82, 2.24) is 4.98 Å². The second-order valence-electron chi connectivity index (χ2n) is 3.37. The molecule has 2 nitrogen and oxygen atoms in total. The van der Waals surface area contributed by atoms with E-state index < -0.39 is 6.10 Å². The lowest BCUT2D eigenvalue weighted by molar-refractivity contribution is 0.126. The highest BCUT2D eigenvalue weighted by Gasteiger charge is 2.13. The second-order valence-corrected chi connectivity index (χ2v) is 3.37. The van der Waals surface area contributed by atoms with Gasteiger partial charge < -0.3 is 5.11 Å².